The van der Waals surface area contributed by atoms with E-state index in [9.17, 15) is 14.7 Å². The Bertz CT molecular complexity index is 751. The van der Waals surface area contributed by atoms with E-state index < -0.39 is 5.97 Å². The third kappa shape index (κ3) is 3.90. The number of carboxylic acid groups (broad SMARTS) is 1. The van der Waals surface area contributed by atoms with Gasteiger partial charge in [-0.2, -0.15) is 0 Å². The summed E-state index contributed by atoms with van der Waals surface area (Å²) < 4.78 is 0. The van der Waals surface area contributed by atoms with E-state index in [-0.39, 0.29) is 16.9 Å². The molecule has 0 heterocycles. The molecule has 4 heteroatoms. The van der Waals surface area contributed by atoms with E-state index in [1.807, 2.05) is 18.2 Å². The summed E-state index contributed by atoms with van der Waals surface area (Å²) in [6.07, 6.45) is 4.12. The summed E-state index contributed by atoms with van der Waals surface area (Å²) >= 11 is 0. The number of amides is 1. The monoisotopic (exact) mass is 337 g/mol. The summed E-state index contributed by atoms with van der Waals surface area (Å²) in [4.78, 5) is 23.5. The summed E-state index contributed by atoms with van der Waals surface area (Å²) in [5.41, 5.74) is 2.33. The molecule has 3 rings (SSSR count). The van der Waals surface area contributed by atoms with Gasteiger partial charge >= 0.3 is 5.97 Å². The topological polar surface area (TPSA) is 66.4 Å². The van der Waals surface area contributed by atoms with E-state index in [2.05, 4.69) is 17.4 Å². The average Bonchev–Trinajstić information content (AvgIpc) is 2.60. The Morgan fingerprint density at radius 1 is 1.00 bits per heavy atom. The van der Waals surface area contributed by atoms with Gasteiger partial charge in [-0.05, 0) is 36.5 Å². The van der Waals surface area contributed by atoms with Crippen LogP contribution in [0.4, 0.5) is 0 Å². The molecule has 130 valence electrons. The van der Waals surface area contributed by atoms with Gasteiger partial charge in [-0.1, -0.05) is 55.0 Å². The van der Waals surface area contributed by atoms with Crippen LogP contribution in [0, 0.1) is 0 Å². The lowest BCUT2D eigenvalue weighted by atomic mass is 9.64. The van der Waals surface area contributed by atoms with Crippen molar-refractivity contribution in [2.24, 2.45) is 0 Å². The Labute approximate surface area is 147 Å². The third-order valence-corrected chi connectivity index (χ3v) is 5.19. The first-order chi connectivity index (χ1) is 12.1. The Hall–Kier alpha value is -2.62. The van der Waals surface area contributed by atoms with Crippen LogP contribution in [0.2, 0.25) is 0 Å². The van der Waals surface area contributed by atoms with Gasteiger partial charge in [0.1, 0.15) is 0 Å². The molecular weight excluding hydrogens is 314 g/mol. The highest BCUT2D eigenvalue weighted by atomic mass is 16.4. The van der Waals surface area contributed by atoms with Crippen molar-refractivity contribution in [1.29, 1.82) is 0 Å². The maximum absolute atomic E-state index is 12.3. The van der Waals surface area contributed by atoms with Crippen LogP contribution < -0.4 is 5.32 Å². The maximum Gasteiger partial charge on any atom is 0.335 e. The van der Waals surface area contributed by atoms with E-state index in [0.29, 0.717) is 24.9 Å². The summed E-state index contributed by atoms with van der Waals surface area (Å²) in [5.74, 6) is -0.976. The van der Waals surface area contributed by atoms with E-state index in [4.69, 9.17) is 0 Å². The maximum atomic E-state index is 12.3. The Kier molecular flexibility index (Phi) is 5.17. The van der Waals surface area contributed by atoms with Crippen LogP contribution in [0.1, 0.15) is 47.2 Å². The molecule has 0 spiro atoms. The molecule has 0 aromatic heterocycles. The molecule has 2 aromatic carbocycles. The Balaban J connectivity index is 1.56. The molecule has 0 aliphatic heterocycles. The fourth-order valence-electron chi connectivity index (χ4n) is 3.51. The predicted octanol–water partition coefficient (Wildman–Crippen LogP) is 3.56. The molecule has 2 N–H and O–H groups in total. The van der Waals surface area contributed by atoms with E-state index in [0.717, 1.165) is 12.8 Å². The number of benzene rings is 2. The first-order valence-corrected chi connectivity index (χ1v) is 8.74. The molecule has 1 fully saturated rings. The van der Waals surface area contributed by atoms with Crippen molar-refractivity contribution in [2.75, 3.05) is 6.54 Å². The molecule has 0 bridgehead atoms. The molecule has 1 saturated carbocycles. The quantitative estimate of drug-likeness (QED) is 0.812. The number of rotatable bonds is 7. The minimum absolute atomic E-state index is 0.0256. The van der Waals surface area contributed by atoms with Gasteiger partial charge < -0.3 is 10.4 Å². The zero-order valence-electron chi connectivity index (χ0n) is 14.2. The summed E-state index contributed by atoms with van der Waals surface area (Å²) in [7, 11) is 0. The van der Waals surface area contributed by atoms with Crippen LogP contribution in [0.5, 0.6) is 0 Å². The van der Waals surface area contributed by atoms with Crippen LogP contribution in [0.3, 0.4) is 0 Å². The number of aryl methyl sites for hydroxylation is 1. The molecular formula is C21H23NO3. The van der Waals surface area contributed by atoms with Crippen molar-refractivity contribution in [1.82, 2.24) is 5.32 Å². The van der Waals surface area contributed by atoms with Crippen LogP contribution in [-0.2, 0) is 16.6 Å². The zero-order chi connectivity index (χ0) is 17.7. The molecule has 0 unspecified atom stereocenters. The van der Waals surface area contributed by atoms with Gasteiger partial charge in [-0.15, -0.1) is 0 Å². The van der Waals surface area contributed by atoms with E-state index >= 15 is 0 Å². The largest absolute Gasteiger partial charge is 0.478 e. The van der Waals surface area contributed by atoms with Gasteiger partial charge in [-0.25, -0.2) is 4.79 Å². The van der Waals surface area contributed by atoms with Crippen molar-refractivity contribution in [3.05, 3.63) is 71.3 Å². The summed E-state index contributed by atoms with van der Waals surface area (Å²) in [6, 6.07) is 17.2. The lowest BCUT2D eigenvalue weighted by Crippen LogP contribution is -2.45. The fourth-order valence-corrected chi connectivity index (χ4v) is 3.51. The lowest BCUT2D eigenvalue weighted by molar-refractivity contribution is -0.121. The van der Waals surface area contributed by atoms with Crippen LogP contribution in [-0.4, -0.2) is 23.5 Å². The molecule has 1 amide bonds. The van der Waals surface area contributed by atoms with Crippen molar-refractivity contribution in [3.8, 4) is 0 Å². The standard InChI is InChI=1S/C21H23NO3/c23-19(12-11-16-7-4-5-10-18(16)20(24)25)22-15-21(13-6-14-21)17-8-2-1-3-9-17/h1-5,7-10H,6,11-15H2,(H,22,23)(H,24,25). The van der Waals surface area contributed by atoms with Gasteiger partial charge in [0.15, 0.2) is 0 Å². The number of hydrogen-bond acceptors (Lipinski definition) is 2. The highest BCUT2D eigenvalue weighted by molar-refractivity contribution is 5.89. The molecule has 1 aliphatic rings. The fraction of sp³-hybridized carbons (Fsp3) is 0.333. The van der Waals surface area contributed by atoms with Crippen molar-refractivity contribution < 1.29 is 14.7 Å². The molecule has 4 nitrogen and oxygen atoms in total. The highest BCUT2D eigenvalue weighted by Crippen LogP contribution is 2.43. The van der Waals surface area contributed by atoms with Gasteiger partial charge in [0.05, 0.1) is 5.56 Å². The summed E-state index contributed by atoms with van der Waals surface area (Å²) in [5, 5.41) is 12.3. The number of aromatic carboxylic acids is 1. The highest BCUT2D eigenvalue weighted by Gasteiger charge is 2.38. The number of carbonyl (C=O) groups is 2. The van der Waals surface area contributed by atoms with Gasteiger partial charge in [0.25, 0.3) is 0 Å². The van der Waals surface area contributed by atoms with Gasteiger partial charge in [0, 0.05) is 18.4 Å². The van der Waals surface area contributed by atoms with Crippen molar-refractivity contribution in [3.63, 3.8) is 0 Å². The number of nitrogens with one attached hydrogen (secondary N) is 1. The second-order valence-electron chi connectivity index (χ2n) is 6.74. The SMILES string of the molecule is O=C(CCc1ccccc1C(=O)O)NCC1(c2ccccc2)CCC1. The van der Waals surface area contributed by atoms with Crippen LogP contribution in [0.15, 0.2) is 54.6 Å². The molecule has 0 saturated heterocycles. The molecule has 0 radical (unpaired) electrons. The van der Waals surface area contributed by atoms with Crippen LogP contribution in [0.25, 0.3) is 0 Å². The number of hydrogen-bond donors (Lipinski definition) is 2. The molecule has 0 atom stereocenters. The number of carbonyl (C=O) groups excluding carboxylic acids is 1. The van der Waals surface area contributed by atoms with Gasteiger partial charge in [0.2, 0.25) is 5.91 Å². The van der Waals surface area contributed by atoms with Crippen molar-refractivity contribution in [2.45, 2.75) is 37.5 Å². The minimum atomic E-state index is -0.950. The number of carboxylic acids is 1. The first-order valence-electron chi connectivity index (χ1n) is 8.74. The first kappa shape index (κ1) is 17.2. The van der Waals surface area contributed by atoms with E-state index in [1.54, 1.807) is 24.3 Å². The minimum Gasteiger partial charge on any atom is -0.478 e. The summed E-state index contributed by atoms with van der Waals surface area (Å²) in [6.45, 7) is 0.649. The molecule has 25 heavy (non-hydrogen) atoms. The van der Waals surface area contributed by atoms with Crippen LogP contribution >= 0.6 is 0 Å². The normalized spacial score (nSPS) is 15.2. The smallest absolute Gasteiger partial charge is 0.335 e. The van der Waals surface area contributed by atoms with Crippen molar-refractivity contribution >= 4 is 11.9 Å². The zero-order valence-corrected chi connectivity index (χ0v) is 14.2. The van der Waals surface area contributed by atoms with E-state index in [1.165, 1.54) is 12.0 Å². The predicted molar refractivity (Wildman–Crippen MR) is 96.7 cm³/mol. The van der Waals surface area contributed by atoms with Gasteiger partial charge in [-0.3, -0.25) is 4.79 Å². The second-order valence-corrected chi connectivity index (χ2v) is 6.74. The lowest BCUT2D eigenvalue weighted by Gasteiger charge is -2.42. The third-order valence-electron chi connectivity index (χ3n) is 5.19. The Morgan fingerprint density at radius 2 is 1.68 bits per heavy atom. The second kappa shape index (κ2) is 7.51. The Morgan fingerprint density at radius 3 is 2.32 bits per heavy atom. The molecule has 2 aromatic rings. The average molecular weight is 337 g/mol. The molecule has 1 aliphatic carbocycles.